The Bertz CT molecular complexity index is 1680. The molecular weight excluding hydrogens is 576 g/mol. The maximum atomic E-state index is 12.5. The van der Waals surface area contributed by atoms with Crippen LogP contribution in [0.1, 0.15) is 112 Å². The van der Waals surface area contributed by atoms with E-state index in [2.05, 4.69) is 0 Å². The van der Waals surface area contributed by atoms with Crippen LogP contribution in [0, 0.1) is 13.8 Å². The molecule has 3 aromatic rings. The van der Waals surface area contributed by atoms with Gasteiger partial charge in [-0.1, -0.05) is 62.8 Å². The van der Waals surface area contributed by atoms with E-state index in [9.17, 15) is 59.4 Å². The summed E-state index contributed by atoms with van der Waals surface area (Å²) in [6.07, 6.45) is 9.00. The summed E-state index contributed by atoms with van der Waals surface area (Å²) in [7, 11) is 0. The third kappa shape index (κ3) is 6.43. The first kappa shape index (κ1) is 33.0. The predicted octanol–water partition coefficient (Wildman–Crippen LogP) is 6.17. The Labute approximate surface area is 250 Å². The van der Waals surface area contributed by atoms with Crippen molar-refractivity contribution in [3.05, 3.63) is 80.9 Å². The zero-order chi connectivity index (χ0) is 32.9. The molecule has 0 spiro atoms. The Balaban J connectivity index is 0.000000785. The second-order valence-electron chi connectivity index (χ2n) is 10.2. The lowest BCUT2D eigenvalue weighted by Crippen LogP contribution is -2.18. The summed E-state index contributed by atoms with van der Waals surface area (Å²) in [6, 6.07) is 6.46. The van der Waals surface area contributed by atoms with E-state index >= 15 is 0 Å². The molecular formula is C32H30O12. The monoisotopic (exact) mass is 606 g/mol. The van der Waals surface area contributed by atoms with Crippen molar-refractivity contribution in [1.29, 1.82) is 0 Å². The first-order valence-electron chi connectivity index (χ1n) is 13.6. The molecule has 230 valence electrons. The van der Waals surface area contributed by atoms with Gasteiger partial charge in [-0.05, 0) is 53.8 Å². The van der Waals surface area contributed by atoms with Crippen LogP contribution >= 0.6 is 0 Å². The smallest absolute Gasteiger partial charge is 0.337 e. The van der Waals surface area contributed by atoms with Crippen molar-refractivity contribution in [2.24, 2.45) is 0 Å². The van der Waals surface area contributed by atoms with Gasteiger partial charge in [0.15, 0.2) is 0 Å². The molecule has 4 rings (SSSR count). The highest BCUT2D eigenvalue weighted by atomic mass is 16.4. The summed E-state index contributed by atoms with van der Waals surface area (Å²) in [5, 5.41) is 59.0. The number of carboxylic acids is 6. The fourth-order valence-corrected chi connectivity index (χ4v) is 5.49. The minimum atomic E-state index is -1.83. The maximum Gasteiger partial charge on any atom is 0.337 e. The lowest BCUT2D eigenvalue weighted by atomic mass is 9.78. The van der Waals surface area contributed by atoms with E-state index < -0.39 is 80.3 Å². The van der Waals surface area contributed by atoms with Gasteiger partial charge in [0.25, 0.3) is 0 Å². The molecule has 0 saturated heterocycles. The first-order valence-corrected chi connectivity index (χ1v) is 13.6. The molecule has 1 aliphatic rings. The molecule has 1 fully saturated rings. The van der Waals surface area contributed by atoms with E-state index in [-0.39, 0.29) is 22.3 Å². The minimum absolute atomic E-state index is 0.00417. The van der Waals surface area contributed by atoms with E-state index in [4.69, 9.17) is 0 Å². The number of carbonyl (C=O) groups is 6. The van der Waals surface area contributed by atoms with Gasteiger partial charge in [0.2, 0.25) is 0 Å². The van der Waals surface area contributed by atoms with Gasteiger partial charge in [0, 0.05) is 5.56 Å². The van der Waals surface area contributed by atoms with E-state index in [1.54, 1.807) is 0 Å². The fraction of sp³-hybridized carbons (Fsp3) is 0.250. The minimum Gasteiger partial charge on any atom is -0.478 e. The van der Waals surface area contributed by atoms with Crippen molar-refractivity contribution in [2.45, 2.75) is 52.4 Å². The third-order valence-corrected chi connectivity index (χ3v) is 7.55. The quantitative estimate of drug-likeness (QED) is 0.169. The number of carboxylic acid groups (broad SMARTS) is 6. The Kier molecular flexibility index (Phi) is 10.2. The highest BCUT2D eigenvalue weighted by molar-refractivity contribution is 6.17. The van der Waals surface area contributed by atoms with Crippen LogP contribution in [0.5, 0.6) is 0 Å². The van der Waals surface area contributed by atoms with Gasteiger partial charge >= 0.3 is 35.8 Å². The van der Waals surface area contributed by atoms with Crippen LogP contribution in [0.15, 0.2) is 36.4 Å². The molecule has 0 aromatic heterocycles. The molecule has 0 heterocycles. The van der Waals surface area contributed by atoms with Crippen LogP contribution in [0.25, 0.3) is 22.3 Å². The van der Waals surface area contributed by atoms with E-state index in [1.165, 1.54) is 58.4 Å². The second kappa shape index (κ2) is 13.6. The normalized spacial score (nSPS) is 12.4. The van der Waals surface area contributed by atoms with Gasteiger partial charge < -0.3 is 30.6 Å². The van der Waals surface area contributed by atoms with Crippen LogP contribution in [0.4, 0.5) is 0 Å². The average Bonchev–Trinajstić information content (AvgIpc) is 2.97. The van der Waals surface area contributed by atoms with Crippen LogP contribution < -0.4 is 0 Å². The van der Waals surface area contributed by atoms with Crippen molar-refractivity contribution in [3.8, 4) is 22.3 Å². The van der Waals surface area contributed by atoms with Crippen LogP contribution in [-0.4, -0.2) is 66.5 Å². The molecule has 1 saturated carbocycles. The van der Waals surface area contributed by atoms with Gasteiger partial charge in [-0.15, -0.1) is 0 Å². The molecule has 6 N–H and O–H groups in total. The van der Waals surface area contributed by atoms with Gasteiger partial charge in [-0.2, -0.15) is 0 Å². The summed E-state index contributed by atoms with van der Waals surface area (Å²) < 4.78 is 0. The Morgan fingerprint density at radius 3 is 1.09 bits per heavy atom. The Morgan fingerprint density at radius 2 is 0.773 bits per heavy atom. The predicted molar refractivity (Wildman–Crippen MR) is 156 cm³/mol. The van der Waals surface area contributed by atoms with Crippen LogP contribution in [0.2, 0.25) is 0 Å². The standard InChI is InChI=1S/C26H18O12.C6H12/c1-9-10(2)16(23(31)32)20(26(37)38)19(12-6-4-8-14(22(29)30)18(12)25(35)36)15(9)11-5-3-7-13(21(27)28)17(11)24(33)34;1-2-4-6-5-3-1/h3-8H,1-2H3,(H,27,28)(H,29,30)(H,31,32)(H,33,34)(H,35,36)(H,37,38);1-6H2. The molecule has 3 aromatic carbocycles. The molecule has 0 atom stereocenters. The fourth-order valence-electron chi connectivity index (χ4n) is 5.49. The third-order valence-electron chi connectivity index (χ3n) is 7.55. The maximum absolute atomic E-state index is 12.5. The van der Waals surface area contributed by atoms with Crippen LogP contribution in [-0.2, 0) is 0 Å². The number of hydrogen-bond acceptors (Lipinski definition) is 6. The number of rotatable bonds is 8. The zero-order valence-corrected chi connectivity index (χ0v) is 23.8. The molecule has 0 bridgehead atoms. The number of aromatic carboxylic acids is 6. The van der Waals surface area contributed by atoms with E-state index in [1.807, 2.05) is 0 Å². The van der Waals surface area contributed by atoms with Gasteiger partial charge in [-0.25, -0.2) is 28.8 Å². The lowest BCUT2D eigenvalue weighted by molar-refractivity contribution is 0.0649. The van der Waals surface area contributed by atoms with Crippen molar-refractivity contribution in [3.63, 3.8) is 0 Å². The van der Waals surface area contributed by atoms with Gasteiger partial charge in [-0.3, -0.25) is 0 Å². The summed E-state index contributed by atoms with van der Waals surface area (Å²) >= 11 is 0. The van der Waals surface area contributed by atoms with Crippen molar-refractivity contribution < 1.29 is 59.4 Å². The van der Waals surface area contributed by atoms with E-state index in [0.29, 0.717) is 0 Å². The van der Waals surface area contributed by atoms with Crippen molar-refractivity contribution in [1.82, 2.24) is 0 Å². The molecule has 0 amide bonds. The van der Waals surface area contributed by atoms with Crippen molar-refractivity contribution in [2.75, 3.05) is 0 Å². The highest BCUT2D eigenvalue weighted by Crippen LogP contribution is 2.45. The summed E-state index contributed by atoms with van der Waals surface area (Å²) in [5.41, 5.74) is -6.59. The average molecular weight is 607 g/mol. The molecule has 0 unspecified atom stereocenters. The largest absolute Gasteiger partial charge is 0.478 e. The summed E-state index contributed by atoms with van der Waals surface area (Å²) in [6.45, 7) is 2.58. The first-order chi connectivity index (χ1) is 20.7. The molecule has 44 heavy (non-hydrogen) atoms. The number of benzene rings is 3. The van der Waals surface area contributed by atoms with Gasteiger partial charge in [0.05, 0.1) is 33.4 Å². The molecule has 12 heteroatoms. The van der Waals surface area contributed by atoms with Crippen LogP contribution in [0.3, 0.4) is 0 Å². The van der Waals surface area contributed by atoms with Crippen molar-refractivity contribution >= 4 is 35.8 Å². The lowest BCUT2D eigenvalue weighted by Gasteiger charge is -2.24. The highest BCUT2D eigenvalue weighted by Gasteiger charge is 2.34. The summed E-state index contributed by atoms with van der Waals surface area (Å²) in [5.74, 6) is -10.3. The summed E-state index contributed by atoms with van der Waals surface area (Å²) in [4.78, 5) is 72.8. The second-order valence-corrected chi connectivity index (χ2v) is 10.2. The number of hydrogen-bond donors (Lipinski definition) is 6. The molecule has 0 aliphatic heterocycles. The van der Waals surface area contributed by atoms with Gasteiger partial charge in [0.1, 0.15) is 0 Å². The molecule has 12 nitrogen and oxygen atoms in total. The topological polar surface area (TPSA) is 224 Å². The molecule has 0 radical (unpaired) electrons. The Morgan fingerprint density at radius 1 is 0.432 bits per heavy atom. The zero-order valence-electron chi connectivity index (χ0n) is 23.8. The SMILES string of the molecule is C1CCCCC1.Cc1c(C)c(-c2cccc(C(=O)O)c2C(=O)O)c(-c2cccc(C(=O)O)c2C(=O)O)c(C(=O)O)c1C(=O)O. The molecule has 1 aliphatic carbocycles. The van der Waals surface area contributed by atoms with E-state index in [0.717, 1.165) is 30.3 Å². The Hall–Kier alpha value is -5.52.